The molecule has 0 saturated heterocycles. The van der Waals surface area contributed by atoms with Gasteiger partial charge < -0.3 is 28.8 Å². The number of carbonyl (C=O) groups excluding carboxylic acids is 1. The van der Waals surface area contributed by atoms with Crippen LogP contribution in [0.2, 0.25) is 0 Å². The number of carbonyl (C=O) groups is 1. The molecule has 0 spiro atoms. The first-order chi connectivity index (χ1) is 14.1. The van der Waals surface area contributed by atoms with Gasteiger partial charge in [0, 0.05) is 11.1 Å². The van der Waals surface area contributed by atoms with Crippen molar-refractivity contribution >= 4 is 12.2 Å². The number of esters is 1. The Bertz CT molecular complexity index is 901. The summed E-state index contributed by atoms with van der Waals surface area (Å²) in [6, 6.07) is 3.59. The molecular formula is C21H26N2O6. The molecule has 8 nitrogen and oxygen atoms in total. The maximum absolute atomic E-state index is 12.5. The molecule has 0 amide bonds. The van der Waals surface area contributed by atoms with Gasteiger partial charge in [-0.05, 0) is 31.0 Å². The number of nitrogens with one attached hydrogen (secondary N) is 1. The molecule has 156 valence electrons. The number of H-pyrrole nitrogens is 1. The van der Waals surface area contributed by atoms with Crippen molar-refractivity contribution in [2.24, 2.45) is 5.16 Å². The lowest BCUT2D eigenvalue weighted by Crippen LogP contribution is -2.08. The van der Waals surface area contributed by atoms with Gasteiger partial charge in [-0.25, -0.2) is 4.79 Å². The van der Waals surface area contributed by atoms with E-state index in [2.05, 4.69) is 16.7 Å². The number of aromatic amines is 1. The van der Waals surface area contributed by atoms with E-state index in [-0.39, 0.29) is 6.61 Å². The van der Waals surface area contributed by atoms with E-state index in [1.807, 2.05) is 6.07 Å². The second-order valence-corrected chi connectivity index (χ2v) is 5.78. The number of oxime groups is 1. The number of hydrogen-bond acceptors (Lipinski definition) is 7. The van der Waals surface area contributed by atoms with E-state index in [1.165, 1.54) is 27.5 Å². The summed E-state index contributed by atoms with van der Waals surface area (Å²) in [7, 11) is 6.05. The minimum atomic E-state index is -0.470. The summed E-state index contributed by atoms with van der Waals surface area (Å²) in [4.78, 5) is 20.5. The van der Waals surface area contributed by atoms with Crippen molar-refractivity contribution in [3.8, 4) is 28.4 Å². The van der Waals surface area contributed by atoms with Gasteiger partial charge in [0.1, 0.15) is 12.8 Å². The van der Waals surface area contributed by atoms with Crippen LogP contribution in [0.25, 0.3) is 11.1 Å². The van der Waals surface area contributed by atoms with Gasteiger partial charge in [0.25, 0.3) is 0 Å². The van der Waals surface area contributed by atoms with Crippen molar-refractivity contribution in [2.45, 2.75) is 13.3 Å². The van der Waals surface area contributed by atoms with Crippen LogP contribution in [-0.2, 0) is 16.0 Å². The smallest absolute Gasteiger partial charge is 0.355 e. The zero-order chi connectivity index (χ0) is 21.4. The van der Waals surface area contributed by atoms with Crippen molar-refractivity contribution in [3.63, 3.8) is 0 Å². The molecular weight excluding hydrogens is 376 g/mol. The molecule has 0 aliphatic heterocycles. The summed E-state index contributed by atoms with van der Waals surface area (Å²) in [5, 5.41) is 3.85. The summed E-state index contributed by atoms with van der Waals surface area (Å²) in [5.41, 5.74) is 2.95. The summed E-state index contributed by atoms with van der Waals surface area (Å²) >= 11 is 0. The Morgan fingerprint density at radius 1 is 1.14 bits per heavy atom. The number of benzene rings is 1. The lowest BCUT2D eigenvalue weighted by Gasteiger charge is -2.16. The Labute approximate surface area is 170 Å². The molecule has 0 saturated carbocycles. The number of methoxy groups -OCH3 is 3. The topological polar surface area (TPSA) is 91.4 Å². The number of hydrogen-bond donors (Lipinski definition) is 1. The van der Waals surface area contributed by atoms with Crippen LogP contribution >= 0.6 is 0 Å². The predicted molar refractivity (Wildman–Crippen MR) is 110 cm³/mol. The molecule has 1 heterocycles. The normalized spacial score (nSPS) is 10.7. The first-order valence-electron chi connectivity index (χ1n) is 8.96. The molecule has 0 fully saturated rings. The van der Waals surface area contributed by atoms with Gasteiger partial charge >= 0.3 is 5.97 Å². The molecule has 0 bridgehead atoms. The fraction of sp³-hybridized carbons (Fsp3) is 0.333. The van der Waals surface area contributed by atoms with E-state index in [1.54, 1.807) is 26.2 Å². The van der Waals surface area contributed by atoms with Crippen molar-refractivity contribution in [2.75, 3.05) is 35.0 Å². The van der Waals surface area contributed by atoms with E-state index in [9.17, 15) is 4.79 Å². The van der Waals surface area contributed by atoms with Crippen LogP contribution in [0.3, 0.4) is 0 Å². The zero-order valence-electron chi connectivity index (χ0n) is 17.3. The molecule has 1 aromatic carbocycles. The fourth-order valence-electron chi connectivity index (χ4n) is 3.09. The van der Waals surface area contributed by atoms with Crippen LogP contribution in [0, 0.1) is 0 Å². The lowest BCUT2D eigenvalue weighted by molar-refractivity contribution is 0.0519. The summed E-state index contributed by atoms with van der Waals surface area (Å²) in [5.74, 6) is 0.943. The Balaban J connectivity index is 2.87. The van der Waals surface area contributed by atoms with Crippen LogP contribution in [0.15, 0.2) is 29.9 Å². The van der Waals surface area contributed by atoms with E-state index < -0.39 is 5.97 Å². The average molecular weight is 402 g/mol. The number of rotatable bonds is 10. The highest BCUT2D eigenvalue weighted by atomic mass is 16.6. The third kappa shape index (κ3) is 4.37. The molecule has 0 atom stereocenters. The quantitative estimate of drug-likeness (QED) is 0.283. The van der Waals surface area contributed by atoms with Gasteiger partial charge in [0.15, 0.2) is 11.5 Å². The Hall–Kier alpha value is -3.42. The van der Waals surface area contributed by atoms with Crippen LogP contribution in [0.5, 0.6) is 17.2 Å². The third-order valence-corrected chi connectivity index (χ3v) is 4.22. The highest BCUT2D eigenvalue weighted by molar-refractivity contribution is 6.00. The van der Waals surface area contributed by atoms with Gasteiger partial charge in [-0.2, -0.15) is 0 Å². The Morgan fingerprint density at radius 3 is 2.41 bits per heavy atom. The molecule has 1 aromatic heterocycles. The number of aromatic nitrogens is 1. The molecule has 8 heteroatoms. The standard InChI is InChI=1S/C21H26N2O6/c1-7-9-13-17(14-10-11-16(25-3)20(27-5)19(14)26-4)15(12-22-28-6)23-18(13)21(24)29-8-2/h7,10-12,23H,1,8-9H2,2-6H3/b22-12+. The summed E-state index contributed by atoms with van der Waals surface area (Å²) in [6.45, 7) is 5.81. The second-order valence-electron chi connectivity index (χ2n) is 5.78. The van der Waals surface area contributed by atoms with Gasteiger partial charge in [0.2, 0.25) is 5.75 Å². The van der Waals surface area contributed by atoms with E-state index in [0.29, 0.717) is 51.7 Å². The minimum Gasteiger partial charge on any atom is -0.493 e. The fourth-order valence-corrected chi connectivity index (χ4v) is 3.09. The number of ether oxygens (including phenoxy) is 4. The lowest BCUT2D eigenvalue weighted by atomic mass is 9.96. The zero-order valence-corrected chi connectivity index (χ0v) is 17.3. The van der Waals surface area contributed by atoms with E-state index in [4.69, 9.17) is 23.8 Å². The van der Waals surface area contributed by atoms with Crippen molar-refractivity contribution in [1.29, 1.82) is 0 Å². The van der Waals surface area contributed by atoms with Crippen LogP contribution in [0.1, 0.15) is 28.7 Å². The van der Waals surface area contributed by atoms with Crippen LogP contribution in [-0.4, -0.2) is 52.2 Å². The SMILES string of the molecule is C=CCc1c(C(=O)OCC)[nH]c(/C=N/OC)c1-c1ccc(OC)c(OC)c1OC. The van der Waals surface area contributed by atoms with Crippen molar-refractivity contribution in [1.82, 2.24) is 4.98 Å². The Kier molecular flexibility index (Phi) is 7.70. The third-order valence-electron chi connectivity index (χ3n) is 4.22. The number of nitrogens with zero attached hydrogens (tertiary/aromatic N) is 1. The average Bonchev–Trinajstić information content (AvgIpc) is 3.09. The highest BCUT2D eigenvalue weighted by Gasteiger charge is 2.27. The number of allylic oxidation sites excluding steroid dienone is 1. The second kappa shape index (κ2) is 10.2. The van der Waals surface area contributed by atoms with Gasteiger partial charge in [-0.1, -0.05) is 11.2 Å². The first kappa shape index (κ1) is 21.9. The van der Waals surface area contributed by atoms with E-state index in [0.717, 1.165) is 0 Å². The summed E-state index contributed by atoms with van der Waals surface area (Å²) in [6.07, 6.45) is 3.61. The van der Waals surface area contributed by atoms with Crippen molar-refractivity contribution in [3.05, 3.63) is 41.7 Å². The monoisotopic (exact) mass is 402 g/mol. The van der Waals surface area contributed by atoms with Gasteiger partial charge in [-0.3, -0.25) is 0 Å². The van der Waals surface area contributed by atoms with Gasteiger partial charge in [-0.15, -0.1) is 6.58 Å². The molecule has 2 rings (SSSR count). The predicted octanol–water partition coefficient (Wildman–Crippen LogP) is 3.59. The minimum absolute atomic E-state index is 0.252. The molecule has 0 aliphatic rings. The first-order valence-corrected chi connectivity index (χ1v) is 8.96. The van der Waals surface area contributed by atoms with Crippen molar-refractivity contribution < 1.29 is 28.6 Å². The largest absolute Gasteiger partial charge is 0.493 e. The molecule has 0 radical (unpaired) electrons. The van der Waals surface area contributed by atoms with Crippen LogP contribution in [0.4, 0.5) is 0 Å². The highest BCUT2D eigenvalue weighted by Crippen LogP contribution is 2.46. The maximum Gasteiger partial charge on any atom is 0.355 e. The maximum atomic E-state index is 12.5. The summed E-state index contributed by atoms with van der Waals surface area (Å²) < 4.78 is 21.7. The van der Waals surface area contributed by atoms with Gasteiger partial charge in [0.05, 0.1) is 39.8 Å². The molecule has 1 N–H and O–H groups in total. The van der Waals surface area contributed by atoms with Crippen LogP contribution < -0.4 is 14.2 Å². The molecule has 2 aromatic rings. The van der Waals surface area contributed by atoms with E-state index >= 15 is 0 Å². The Morgan fingerprint density at radius 2 is 1.86 bits per heavy atom. The molecule has 0 unspecified atom stereocenters. The molecule has 0 aliphatic carbocycles. The molecule has 29 heavy (non-hydrogen) atoms.